The Balaban J connectivity index is 0.00000541. The van der Waals surface area contributed by atoms with Crippen LogP contribution in [0.25, 0.3) is 0 Å². The lowest BCUT2D eigenvalue weighted by molar-refractivity contribution is -0.377. The SMILES string of the molecule is CC(C)Oc1cc([C@H](Cc2c(Cl)c[nH+]cc2Cl)OC(=O)c2csc(CN(C(=O)O[C@H]3CN4CCC3CC4)c3ccccc3F)c2)ccc1OC(F)F.[OH-]. The minimum absolute atomic E-state index is 0. The molecule has 2 bridgehead atoms. The van der Waals surface area contributed by atoms with Crippen molar-refractivity contribution in [1.29, 1.82) is 0 Å². The van der Waals surface area contributed by atoms with Crippen LogP contribution in [0.5, 0.6) is 11.5 Å². The first-order valence-corrected chi connectivity index (χ1v) is 18.4. The fourth-order valence-corrected chi connectivity index (χ4v) is 7.80. The number of H-pyrrole nitrogens is 1. The second-order valence-electron chi connectivity index (χ2n) is 12.9. The van der Waals surface area contributed by atoms with Gasteiger partial charge in [-0.15, -0.1) is 11.3 Å². The summed E-state index contributed by atoms with van der Waals surface area (Å²) in [6.45, 7) is 2.90. The van der Waals surface area contributed by atoms with Crippen LogP contribution in [0, 0.1) is 11.7 Å². The predicted octanol–water partition coefficient (Wildman–Crippen LogP) is 8.60. The number of esters is 1. The predicted molar refractivity (Wildman–Crippen MR) is 192 cm³/mol. The van der Waals surface area contributed by atoms with Crippen molar-refractivity contribution in [2.24, 2.45) is 5.92 Å². The molecule has 284 valence electrons. The molecule has 0 aliphatic carbocycles. The number of thiophene rings is 1. The Morgan fingerprint density at radius 2 is 1.74 bits per heavy atom. The molecule has 16 heteroatoms. The van der Waals surface area contributed by atoms with Gasteiger partial charge in [-0.05, 0) is 81.6 Å². The number of rotatable bonds is 13. The molecule has 2 aromatic heterocycles. The summed E-state index contributed by atoms with van der Waals surface area (Å²) in [5.41, 5.74) is 1.12. The van der Waals surface area contributed by atoms with E-state index in [0.29, 0.717) is 32.6 Å². The van der Waals surface area contributed by atoms with Crippen molar-refractivity contribution in [2.45, 2.75) is 64.6 Å². The van der Waals surface area contributed by atoms with E-state index >= 15 is 4.39 Å². The van der Waals surface area contributed by atoms with Crippen LogP contribution in [0.1, 0.15) is 59.2 Å². The molecule has 1 amide bonds. The Kier molecular flexibility index (Phi) is 13.5. The number of pyridine rings is 1. The number of nitrogens with zero attached hydrogens (tertiary/aromatic N) is 2. The molecule has 3 fully saturated rings. The summed E-state index contributed by atoms with van der Waals surface area (Å²) in [6, 6.07) is 11.8. The monoisotopic (exact) mass is 795 g/mol. The number of carbonyl (C=O) groups excluding carboxylic acids is 2. The van der Waals surface area contributed by atoms with Gasteiger partial charge in [0.05, 0.1) is 23.9 Å². The Labute approximate surface area is 318 Å². The number of amides is 1. The lowest BCUT2D eigenvalue weighted by Gasteiger charge is -2.44. The molecular formula is C37H38Cl2F3N3O7S. The number of piperidine rings is 3. The second kappa shape index (κ2) is 17.8. The van der Waals surface area contributed by atoms with Crippen LogP contribution in [0.3, 0.4) is 0 Å². The number of para-hydroxylation sites is 1. The third-order valence-corrected chi connectivity index (χ3v) is 10.6. The number of hydrogen-bond donors (Lipinski definition) is 0. The van der Waals surface area contributed by atoms with E-state index in [9.17, 15) is 18.4 Å². The van der Waals surface area contributed by atoms with Gasteiger partial charge < -0.3 is 24.4 Å². The highest BCUT2D eigenvalue weighted by molar-refractivity contribution is 7.10. The number of hydrogen-bond acceptors (Lipinski definition) is 9. The van der Waals surface area contributed by atoms with Crippen molar-refractivity contribution in [2.75, 3.05) is 24.5 Å². The molecule has 10 nitrogen and oxygen atoms in total. The molecule has 3 aliphatic heterocycles. The molecule has 4 aromatic rings. The summed E-state index contributed by atoms with van der Waals surface area (Å²) in [4.78, 5) is 34.3. The average Bonchev–Trinajstić information content (AvgIpc) is 3.58. The van der Waals surface area contributed by atoms with Gasteiger partial charge in [0, 0.05) is 28.8 Å². The first-order valence-electron chi connectivity index (χ1n) is 16.8. The standard InChI is InChI=1S/C37H36Cl2F3N3O6S.H2O/c1-21(2)48-33-14-23(7-8-31(33)50-36(41)42)32(15-26-27(38)16-43-17-28(26)39)49-35(46)24-13-25(52-20-24)18-45(30-6-4-3-5-29(30)40)37(47)51-34-19-44-11-9-22(34)10-12-44;/h3-8,13-14,16-17,20-22,32,34,36H,9-12,15,18-19H2,1-2H3;1H2/t32-,34-;/m0./s1. The van der Waals surface area contributed by atoms with E-state index in [-0.39, 0.29) is 59.3 Å². The van der Waals surface area contributed by atoms with E-state index in [1.54, 1.807) is 31.4 Å². The van der Waals surface area contributed by atoms with Crippen LogP contribution in [0.2, 0.25) is 10.0 Å². The average molecular weight is 797 g/mol. The Morgan fingerprint density at radius 3 is 2.38 bits per heavy atom. The van der Waals surface area contributed by atoms with E-state index in [4.69, 9.17) is 37.4 Å². The molecule has 0 radical (unpaired) electrons. The number of halogens is 5. The molecule has 53 heavy (non-hydrogen) atoms. The first-order chi connectivity index (χ1) is 24.9. The van der Waals surface area contributed by atoms with E-state index < -0.39 is 30.6 Å². The van der Waals surface area contributed by atoms with Crippen molar-refractivity contribution in [3.8, 4) is 11.5 Å². The van der Waals surface area contributed by atoms with E-state index in [2.05, 4.69) is 14.6 Å². The molecule has 2 atom stereocenters. The number of aromatic nitrogens is 1. The zero-order valence-electron chi connectivity index (χ0n) is 28.8. The third kappa shape index (κ3) is 9.92. The normalized spacial score (nSPS) is 18.3. The van der Waals surface area contributed by atoms with Crippen LogP contribution in [-0.4, -0.2) is 60.9 Å². The maximum absolute atomic E-state index is 15.1. The highest BCUT2D eigenvalue weighted by atomic mass is 35.5. The van der Waals surface area contributed by atoms with Crippen LogP contribution in [-0.2, 0) is 22.4 Å². The zero-order chi connectivity index (χ0) is 36.9. The molecule has 3 aliphatic rings. The van der Waals surface area contributed by atoms with Crippen molar-refractivity contribution >= 4 is 52.3 Å². The minimum Gasteiger partial charge on any atom is -0.870 e. The number of alkyl halides is 2. The first kappa shape index (κ1) is 40.1. The fourth-order valence-electron chi connectivity index (χ4n) is 6.43. The maximum Gasteiger partial charge on any atom is 0.415 e. The van der Waals surface area contributed by atoms with Gasteiger partial charge >= 0.3 is 18.7 Å². The van der Waals surface area contributed by atoms with E-state index in [1.165, 1.54) is 65.0 Å². The molecule has 2 aromatic carbocycles. The molecule has 0 spiro atoms. The number of aromatic amines is 1. The number of carbonyl (C=O) groups is 2. The quantitative estimate of drug-likeness (QED) is 0.123. The topological polar surface area (TPSA) is 122 Å². The van der Waals surface area contributed by atoms with Crippen LogP contribution in [0.15, 0.2) is 66.3 Å². The minimum atomic E-state index is -3.09. The molecule has 0 unspecified atom stereocenters. The molecular weight excluding hydrogens is 758 g/mol. The Bertz CT molecular complexity index is 1870. The van der Waals surface area contributed by atoms with Gasteiger partial charge in [0.25, 0.3) is 0 Å². The highest BCUT2D eigenvalue weighted by Gasteiger charge is 2.38. The molecule has 7 rings (SSSR count). The summed E-state index contributed by atoms with van der Waals surface area (Å²) in [7, 11) is 0. The number of nitrogens with one attached hydrogen (secondary N) is 1. The van der Waals surface area contributed by atoms with Crippen molar-refractivity contribution in [1.82, 2.24) is 4.90 Å². The Hall–Kier alpha value is -4.08. The van der Waals surface area contributed by atoms with Crippen molar-refractivity contribution < 1.29 is 52.2 Å². The number of benzene rings is 2. The third-order valence-electron chi connectivity index (χ3n) is 8.97. The summed E-state index contributed by atoms with van der Waals surface area (Å²) in [5.74, 6) is -1.20. The van der Waals surface area contributed by atoms with Gasteiger partial charge in [-0.1, -0.05) is 41.4 Å². The fraction of sp³-hybridized carbons (Fsp3) is 0.378. The van der Waals surface area contributed by atoms with E-state index in [1.807, 2.05) is 0 Å². The smallest absolute Gasteiger partial charge is 0.415 e. The van der Waals surface area contributed by atoms with Gasteiger partial charge in [-0.3, -0.25) is 9.80 Å². The second-order valence-corrected chi connectivity index (χ2v) is 14.7. The summed E-state index contributed by atoms with van der Waals surface area (Å²) >= 11 is 14.1. The lowest BCUT2D eigenvalue weighted by atomic mass is 9.86. The molecule has 0 saturated carbocycles. The molecule has 5 heterocycles. The molecule has 2 N–H and O–H groups in total. The van der Waals surface area contributed by atoms with Crippen LogP contribution >= 0.6 is 34.5 Å². The number of anilines is 1. The largest absolute Gasteiger partial charge is 0.870 e. The number of ether oxygens (including phenoxy) is 4. The lowest BCUT2D eigenvalue weighted by Crippen LogP contribution is -2.53. The van der Waals surface area contributed by atoms with Gasteiger partial charge in [-0.25, -0.2) is 19.0 Å². The van der Waals surface area contributed by atoms with Gasteiger partial charge in [0.2, 0.25) is 0 Å². The van der Waals surface area contributed by atoms with Crippen LogP contribution in [0.4, 0.5) is 23.7 Å². The molecule has 3 saturated heterocycles. The highest BCUT2D eigenvalue weighted by Crippen LogP contribution is 2.37. The van der Waals surface area contributed by atoms with Gasteiger partial charge in [0.15, 0.2) is 23.9 Å². The summed E-state index contributed by atoms with van der Waals surface area (Å²) in [5, 5.41) is 2.17. The Morgan fingerprint density at radius 1 is 1.02 bits per heavy atom. The summed E-state index contributed by atoms with van der Waals surface area (Å²) in [6.07, 6.45) is 2.62. The summed E-state index contributed by atoms with van der Waals surface area (Å²) < 4.78 is 63.9. The zero-order valence-corrected chi connectivity index (χ0v) is 31.1. The van der Waals surface area contributed by atoms with Crippen molar-refractivity contribution in [3.05, 3.63) is 104 Å². The van der Waals surface area contributed by atoms with Gasteiger partial charge in [-0.2, -0.15) is 8.78 Å². The van der Waals surface area contributed by atoms with Gasteiger partial charge in [0.1, 0.15) is 28.1 Å². The number of fused-ring (bicyclic) bond motifs is 3. The maximum atomic E-state index is 15.1. The van der Waals surface area contributed by atoms with E-state index in [0.717, 1.165) is 25.9 Å². The van der Waals surface area contributed by atoms with Crippen molar-refractivity contribution in [3.63, 3.8) is 0 Å². The van der Waals surface area contributed by atoms with Crippen LogP contribution < -0.4 is 19.4 Å².